The van der Waals surface area contributed by atoms with E-state index in [0.717, 1.165) is 22.7 Å². The molecule has 1 fully saturated rings. The average molecular weight is 302 g/mol. The van der Waals surface area contributed by atoms with Crippen molar-refractivity contribution >= 4 is 17.2 Å². The monoisotopic (exact) mass is 302 g/mol. The summed E-state index contributed by atoms with van der Waals surface area (Å²) >= 11 is 1.61. The van der Waals surface area contributed by atoms with Crippen LogP contribution in [0, 0.1) is 12.8 Å². The van der Waals surface area contributed by atoms with Gasteiger partial charge in [0.1, 0.15) is 5.01 Å². The quantitative estimate of drug-likeness (QED) is 0.892. The van der Waals surface area contributed by atoms with Gasteiger partial charge in [0.2, 0.25) is 0 Å². The molecular formula is C16H18N2O2S. The van der Waals surface area contributed by atoms with Crippen molar-refractivity contribution < 1.29 is 9.90 Å². The van der Waals surface area contributed by atoms with E-state index in [9.17, 15) is 9.90 Å². The number of amides is 1. The lowest BCUT2D eigenvalue weighted by molar-refractivity contribution is -0.130. The molecule has 1 aromatic heterocycles. The number of nitrogens with zero attached hydrogens (tertiary/aromatic N) is 1. The Kier molecular flexibility index (Phi) is 4.03. The van der Waals surface area contributed by atoms with E-state index in [-0.39, 0.29) is 11.9 Å². The summed E-state index contributed by atoms with van der Waals surface area (Å²) in [4.78, 5) is 17.8. The maximum absolute atomic E-state index is 12.3. The van der Waals surface area contributed by atoms with E-state index < -0.39 is 6.10 Å². The lowest BCUT2D eigenvalue weighted by Gasteiger charge is -2.18. The summed E-state index contributed by atoms with van der Waals surface area (Å²) in [5, 5.41) is 14.1. The van der Waals surface area contributed by atoms with Gasteiger partial charge < -0.3 is 10.4 Å². The number of rotatable bonds is 5. The van der Waals surface area contributed by atoms with Crippen LogP contribution in [0.5, 0.6) is 0 Å². The van der Waals surface area contributed by atoms with Crippen LogP contribution in [0.2, 0.25) is 0 Å². The van der Waals surface area contributed by atoms with E-state index in [0.29, 0.717) is 11.5 Å². The molecule has 1 aromatic carbocycles. The van der Waals surface area contributed by atoms with Crippen molar-refractivity contribution in [2.45, 2.75) is 31.9 Å². The van der Waals surface area contributed by atoms with Gasteiger partial charge in [-0.15, -0.1) is 11.3 Å². The Morgan fingerprint density at radius 3 is 2.67 bits per heavy atom. The van der Waals surface area contributed by atoms with E-state index >= 15 is 0 Å². The molecule has 1 aliphatic carbocycles. The normalized spacial score (nSPS) is 17.2. The zero-order valence-electron chi connectivity index (χ0n) is 11.8. The van der Waals surface area contributed by atoms with Crippen LogP contribution in [0.3, 0.4) is 0 Å². The van der Waals surface area contributed by atoms with Gasteiger partial charge in [-0.2, -0.15) is 0 Å². The summed E-state index contributed by atoms with van der Waals surface area (Å²) in [6, 6.07) is 8.92. The molecule has 0 spiro atoms. The number of aliphatic hydroxyl groups excluding tert-OH is 1. The number of aliphatic hydroxyl groups is 1. The highest BCUT2D eigenvalue weighted by Crippen LogP contribution is 2.42. The van der Waals surface area contributed by atoms with Crippen LogP contribution in [0.4, 0.5) is 0 Å². The number of carbonyl (C=O) groups is 1. The number of aromatic nitrogens is 1. The molecule has 2 atom stereocenters. The Morgan fingerprint density at radius 2 is 2.10 bits per heavy atom. The second-order valence-electron chi connectivity index (χ2n) is 5.45. The number of nitrogens with one attached hydrogen (secondary N) is 1. The highest BCUT2D eigenvalue weighted by Gasteiger charge is 2.36. The van der Waals surface area contributed by atoms with Crippen molar-refractivity contribution in [3.05, 3.63) is 52.0 Å². The molecule has 1 aliphatic rings. The van der Waals surface area contributed by atoms with Crippen molar-refractivity contribution in [2.75, 3.05) is 0 Å². The molecule has 0 saturated heterocycles. The Balaban J connectivity index is 1.72. The number of carbonyl (C=O) groups excluding carboxylic acids is 1. The molecule has 1 amide bonds. The molecule has 4 nitrogen and oxygen atoms in total. The summed E-state index contributed by atoms with van der Waals surface area (Å²) in [7, 11) is 0. The minimum atomic E-state index is -1.13. The van der Waals surface area contributed by atoms with Gasteiger partial charge in [-0.1, -0.05) is 30.3 Å². The molecule has 110 valence electrons. The first-order valence-electron chi connectivity index (χ1n) is 7.11. The molecular weight excluding hydrogens is 284 g/mol. The third-order valence-corrected chi connectivity index (χ3v) is 4.66. The maximum atomic E-state index is 12.3. The van der Waals surface area contributed by atoms with Gasteiger partial charge in [0.05, 0.1) is 6.04 Å². The Labute approximate surface area is 127 Å². The van der Waals surface area contributed by atoms with Crippen LogP contribution < -0.4 is 5.32 Å². The number of hydrogen-bond donors (Lipinski definition) is 2. The van der Waals surface area contributed by atoms with Crippen LogP contribution in [-0.4, -0.2) is 16.0 Å². The minimum Gasteiger partial charge on any atom is -0.378 e. The van der Waals surface area contributed by atoms with E-state index in [2.05, 4.69) is 10.3 Å². The fourth-order valence-corrected chi connectivity index (χ4v) is 3.26. The second kappa shape index (κ2) is 5.95. The third-order valence-electron chi connectivity index (χ3n) is 3.66. The van der Waals surface area contributed by atoms with Crippen molar-refractivity contribution in [1.82, 2.24) is 10.3 Å². The van der Waals surface area contributed by atoms with Crippen LogP contribution in [-0.2, 0) is 4.79 Å². The maximum Gasteiger partial charge on any atom is 0.254 e. The Morgan fingerprint density at radius 1 is 1.38 bits per heavy atom. The Hall–Kier alpha value is -1.72. The lowest BCUT2D eigenvalue weighted by Crippen LogP contribution is -2.34. The summed E-state index contributed by atoms with van der Waals surface area (Å²) in [5.41, 5.74) is 0.611. The Bertz CT molecular complexity index is 622. The van der Waals surface area contributed by atoms with Crippen LogP contribution in [0.1, 0.15) is 40.4 Å². The summed E-state index contributed by atoms with van der Waals surface area (Å²) < 4.78 is 0. The van der Waals surface area contributed by atoms with Gasteiger partial charge in [-0.25, -0.2) is 4.98 Å². The smallest absolute Gasteiger partial charge is 0.254 e. The van der Waals surface area contributed by atoms with Crippen molar-refractivity contribution in [2.24, 2.45) is 5.92 Å². The van der Waals surface area contributed by atoms with Crippen molar-refractivity contribution in [3.63, 3.8) is 0 Å². The van der Waals surface area contributed by atoms with E-state index in [4.69, 9.17) is 0 Å². The first-order chi connectivity index (χ1) is 10.1. The number of benzene rings is 1. The molecule has 2 aromatic rings. The van der Waals surface area contributed by atoms with Gasteiger partial charge in [0.15, 0.2) is 6.10 Å². The first kappa shape index (κ1) is 14.2. The molecule has 21 heavy (non-hydrogen) atoms. The zero-order valence-corrected chi connectivity index (χ0v) is 12.6. The van der Waals surface area contributed by atoms with Crippen molar-refractivity contribution in [1.29, 1.82) is 0 Å². The fourth-order valence-electron chi connectivity index (χ4n) is 2.35. The largest absolute Gasteiger partial charge is 0.378 e. The molecule has 0 radical (unpaired) electrons. The SMILES string of the molecule is Cc1cnc(C(NC(=O)C(O)c2ccccc2)C2CC2)s1. The van der Waals surface area contributed by atoms with Gasteiger partial charge in [0.25, 0.3) is 5.91 Å². The van der Waals surface area contributed by atoms with E-state index in [1.165, 1.54) is 0 Å². The zero-order chi connectivity index (χ0) is 14.8. The summed E-state index contributed by atoms with van der Waals surface area (Å²) in [6.45, 7) is 2.01. The van der Waals surface area contributed by atoms with Gasteiger partial charge in [-0.05, 0) is 31.2 Å². The van der Waals surface area contributed by atoms with Crippen LogP contribution >= 0.6 is 11.3 Å². The highest BCUT2D eigenvalue weighted by atomic mass is 32.1. The predicted octanol–water partition coefficient (Wildman–Crippen LogP) is 2.75. The topological polar surface area (TPSA) is 62.2 Å². The molecule has 3 rings (SSSR count). The lowest BCUT2D eigenvalue weighted by atomic mass is 10.1. The minimum absolute atomic E-state index is 0.0745. The number of aryl methyl sites for hydroxylation is 1. The van der Waals surface area contributed by atoms with Gasteiger partial charge >= 0.3 is 0 Å². The molecule has 2 unspecified atom stereocenters. The molecule has 2 N–H and O–H groups in total. The second-order valence-corrected chi connectivity index (χ2v) is 6.71. The van der Waals surface area contributed by atoms with E-state index in [1.54, 1.807) is 23.5 Å². The first-order valence-corrected chi connectivity index (χ1v) is 7.92. The average Bonchev–Trinajstić information content (AvgIpc) is 3.26. The predicted molar refractivity (Wildman–Crippen MR) is 81.9 cm³/mol. The van der Waals surface area contributed by atoms with E-state index in [1.807, 2.05) is 31.3 Å². The molecule has 0 bridgehead atoms. The molecule has 1 heterocycles. The number of hydrogen-bond acceptors (Lipinski definition) is 4. The highest BCUT2D eigenvalue weighted by molar-refractivity contribution is 7.11. The number of thiazole rings is 1. The van der Waals surface area contributed by atoms with Crippen LogP contribution in [0.15, 0.2) is 36.5 Å². The standard InChI is InChI=1S/C16H18N2O2S/c1-10-9-17-16(21-10)13(11-7-8-11)18-15(20)14(19)12-5-3-2-4-6-12/h2-6,9,11,13-14,19H,7-8H2,1H3,(H,18,20). The summed E-state index contributed by atoms with van der Waals surface area (Å²) in [6.07, 6.45) is 2.90. The summed E-state index contributed by atoms with van der Waals surface area (Å²) in [5.74, 6) is 0.0911. The van der Waals surface area contributed by atoms with Gasteiger partial charge in [-0.3, -0.25) is 4.79 Å². The third kappa shape index (κ3) is 3.31. The van der Waals surface area contributed by atoms with Crippen LogP contribution in [0.25, 0.3) is 0 Å². The molecule has 0 aliphatic heterocycles. The van der Waals surface area contributed by atoms with Crippen molar-refractivity contribution in [3.8, 4) is 0 Å². The van der Waals surface area contributed by atoms with Gasteiger partial charge in [0, 0.05) is 11.1 Å². The fraction of sp³-hybridized carbons (Fsp3) is 0.375. The molecule has 1 saturated carbocycles. The molecule has 5 heteroatoms.